The van der Waals surface area contributed by atoms with E-state index in [2.05, 4.69) is 5.32 Å². The summed E-state index contributed by atoms with van der Waals surface area (Å²) in [6, 6.07) is 0. The van der Waals surface area contributed by atoms with E-state index >= 15 is 0 Å². The zero-order chi connectivity index (χ0) is 8.20. The molecule has 0 fully saturated rings. The first-order valence-corrected chi connectivity index (χ1v) is 3.01. The number of nitrogens with one attached hydrogen (secondary N) is 1. The van der Waals surface area contributed by atoms with Crippen LogP contribution in [0.5, 0.6) is 0 Å². The molecule has 0 aromatic carbocycles. The van der Waals surface area contributed by atoms with Crippen LogP contribution in [-0.2, 0) is 9.59 Å². The number of hydrogen-bond acceptors (Lipinski definition) is 2. The average molecular weight is 145 g/mol. The van der Waals surface area contributed by atoms with Crippen LogP contribution >= 0.6 is 0 Å². The van der Waals surface area contributed by atoms with Gasteiger partial charge in [0.2, 0.25) is 6.41 Å². The molecule has 0 aliphatic heterocycles. The van der Waals surface area contributed by atoms with Crippen molar-refractivity contribution in [2.75, 3.05) is 0 Å². The van der Waals surface area contributed by atoms with Crippen LogP contribution in [0, 0.1) is 0 Å². The Kier molecular flexibility index (Phi) is 2.86. The molecule has 10 heavy (non-hydrogen) atoms. The molecule has 4 nitrogen and oxygen atoms in total. The summed E-state index contributed by atoms with van der Waals surface area (Å²) in [7, 11) is 0. The lowest BCUT2D eigenvalue weighted by molar-refractivity contribution is -0.145. The molecule has 0 aliphatic carbocycles. The monoisotopic (exact) mass is 145 g/mol. The number of hydrogen-bond donors (Lipinski definition) is 2. The molecule has 0 saturated carbocycles. The summed E-state index contributed by atoms with van der Waals surface area (Å²) in [5.74, 6) is -1.01. The SMILES string of the molecule is CC[C@@](C)(NC=O)C(=O)O. The van der Waals surface area contributed by atoms with E-state index < -0.39 is 11.5 Å². The molecule has 0 rings (SSSR count). The van der Waals surface area contributed by atoms with Gasteiger partial charge in [-0.25, -0.2) is 4.79 Å². The highest BCUT2D eigenvalue weighted by Gasteiger charge is 2.29. The zero-order valence-electron chi connectivity index (χ0n) is 6.05. The van der Waals surface area contributed by atoms with Gasteiger partial charge in [0.05, 0.1) is 0 Å². The molecule has 4 heteroatoms. The number of carboxylic acid groups (broad SMARTS) is 1. The van der Waals surface area contributed by atoms with Gasteiger partial charge in [0.25, 0.3) is 0 Å². The van der Waals surface area contributed by atoms with E-state index in [1.807, 2.05) is 0 Å². The molecule has 1 amide bonds. The third kappa shape index (κ3) is 1.72. The predicted octanol–water partition coefficient (Wildman–Crippen LogP) is -0.0143. The van der Waals surface area contributed by atoms with Gasteiger partial charge in [0.15, 0.2) is 0 Å². The van der Waals surface area contributed by atoms with Crippen LogP contribution < -0.4 is 5.32 Å². The van der Waals surface area contributed by atoms with Crippen LogP contribution in [0.3, 0.4) is 0 Å². The molecule has 2 N–H and O–H groups in total. The van der Waals surface area contributed by atoms with Gasteiger partial charge < -0.3 is 10.4 Å². The molecule has 0 heterocycles. The second-order valence-corrected chi connectivity index (χ2v) is 2.25. The summed E-state index contributed by atoms with van der Waals surface area (Å²) in [6.45, 7) is 3.16. The van der Waals surface area contributed by atoms with Crippen LogP contribution in [0.15, 0.2) is 0 Å². The van der Waals surface area contributed by atoms with Crippen molar-refractivity contribution in [1.29, 1.82) is 0 Å². The first-order chi connectivity index (χ1) is 4.56. The second kappa shape index (κ2) is 3.20. The Labute approximate surface area is 59.2 Å². The average Bonchev–Trinajstić information content (AvgIpc) is 1.88. The van der Waals surface area contributed by atoms with Crippen molar-refractivity contribution in [3.05, 3.63) is 0 Å². The van der Waals surface area contributed by atoms with E-state index in [-0.39, 0.29) is 0 Å². The third-order valence-electron chi connectivity index (χ3n) is 1.56. The Hall–Kier alpha value is -1.06. The Morgan fingerprint density at radius 2 is 2.30 bits per heavy atom. The highest BCUT2D eigenvalue weighted by molar-refractivity contribution is 5.80. The normalized spacial score (nSPS) is 15.4. The van der Waals surface area contributed by atoms with E-state index in [1.54, 1.807) is 6.92 Å². The zero-order valence-corrected chi connectivity index (χ0v) is 6.05. The van der Waals surface area contributed by atoms with Crippen LogP contribution in [0.2, 0.25) is 0 Å². The van der Waals surface area contributed by atoms with E-state index in [4.69, 9.17) is 5.11 Å². The van der Waals surface area contributed by atoms with Gasteiger partial charge in [-0.05, 0) is 13.3 Å². The standard InChI is InChI=1S/C6H11NO3/c1-3-6(2,5(9)10)7-4-8/h4H,3H2,1-2H3,(H,7,8)(H,9,10)/t6-/m1/s1. The number of carboxylic acids is 1. The minimum absolute atomic E-state index is 0.376. The number of carbonyl (C=O) groups excluding carboxylic acids is 1. The van der Waals surface area contributed by atoms with Crippen LogP contribution in [0.1, 0.15) is 20.3 Å². The maximum Gasteiger partial charge on any atom is 0.329 e. The summed E-state index contributed by atoms with van der Waals surface area (Å²) < 4.78 is 0. The first kappa shape index (κ1) is 8.94. The maximum absolute atomic E-state index is 10.4. The van der Waals surface area contributed by atoms with Crippen molar-refractivity contribution in [3.8, 4) is 0 Å². The molecule has 0 bridgehead atoms. The van der Waals surface area contributed by atoms with Gasteiger partial charge in [0.1, 0.15) is 5.54 Å². The van der Waals surface area contributed by atoms with E-state index in [9.17, 15) is 9.59 Å². The first-order valence-electron chi connectivity index (χ1n) is 3.01. The van der Waals surface area contributed by atoms with Crippen molar-refractivity contribution >= 4 is 12.4 Å². The fourth-order valence-corrected chi connectivity index (χ4v) is 0.445. The van der Waals surface area contributed by atoms with Crippen LogP contribution in [-0.4, -0.2) is 23.0 Å². The lowest BCUT2D eigenvalue weighted by Crippen LogP contribution is -2.48. The van der Waals surface area contributed by atoms with Gasteiger partial charge in [-0.1, -0.05) is 6.92 Å². The van der Waals surface area contributed by atoms with Gasteiger partial charge in [-0.15, -0.1) is 0 Å². The third-order valence-corrected chi connectivity index (χ3v) is 1.56. The van der Waals surface area contributed by atoms with E-state index in [0.29, 0.717) is 12.8 Å². The molecule has 0 saturated heterocycles. The van der Waals surface area contributed by atoms with Crippen molar-refractivity contribution in [2.24, 2.45) is 0 Å². The molecule has 58 valence electrons. The number of amides is 1. The van der Waals surface area contributed by atoms with Crippen LogP contribution in [0.4, 0.5) is 0 Å². The van der Waals surface area contributed by atoms with Gasteiger partial charge in [0, 0.05) is 0 Å². The molecule has 0 aromatic rings. The smallest absolute Gasteiger partial charge is 0.329 e. The quantitative estimate of drug-likeness (QED) is 0.546. The number of rotatable bonds is 4. The highest BCUT2D eigenvalue weighted by atomic mass is 16.4. The molecule has 0 spiro atoms. The lowest BCUT2D eigenvalue weighted by Gasteiger charge is -2.21. The molecule has 0 aromatic heterocycles. The molecule has 0 aliphatic rings. The fraction of sp³-hybridized carbons (Fsp3) is 0.667. The summed E-state index contributed by atoms with van der Waals surface area (Å²) in [4.78, 5) is 20.3. The number of aliphatic carboxylic acids is 1. The van der Waals surface area contributed by atoms with Crippen molar-refractivity contribution < 1.29 is 14.7 Å². The van der Waals surface area contributed by atoms with E-state index in [1.165, 1.54) is 6.92 Å². The molecule has 1 atom stereocenters. The highest BCUT2D eigenvalue weighted by Crippen LogP contribution is 2.07. The number of carbonyl (C=O) groups is 2. The lowest BCUT2D eigenvalue weighted by atomic mass is 10.0. The van der Waals surface area contributed by atoms with Crippen molar-refractivity contribution in [1.82, 2.24) is 5.32 Å². The summed E-state index contributed by atoms with van der Waals surface area (Å²) in [5, 5.41) is 10.8. The fourth-order valence-electron chi connectivity index (χ4n) is 0.445. The van der Waals surface area contributed by atoms with Gasteiger partial charge in [-0.2, -0.15) is 0 Å². The van der Waals surface area contributed by atoms with Crippen LogP contribution in [0.25, 0.3) is 0 Å². The van der Waals surface area contributed by atoms with Gasteiger partial charge >= 0.3 is 5.97 Å². The summed E-state index contributed by atoms with van der Waals surface area (Å²) in [6.07, 6.45) is 0.776. The van der Waals surface area contributed by atoms with Crippen molar-refractivity contribution in [3.63, 3.8) is 0 Å². The topological polar surface area (TPSA) is 66.4 Å². The molecular formula is C6H11NO3. The van der Waals surface area contributed by atoms with Gasteiger partial charge in [-0.3, -0.25) is 4.79 Å². The summed E-state index contributed by atoms with van der Waals surface area (Å²) in [5.41, 5.74) is -1.11. The molecular weight excluding hydrogens is 134 g/mol. The Balaban J connectivity index is 4.21. The largest absolute Gasteiger partial charge is 0.480 e. The second-order valence-electron chi connectivity index (χ2n) is 2.25. The minimum atomic E-state index is -1.11. The van der Waals surface area contributed by atoms with E-state index in [0.717, 1.165) is 0 Å². The maximum atomic E-state index is 10.4. The van der Waals surface area contributed by atoms with Crippen molar-refractivity contribution in [2.45, 2.75) is 25.8 Å². The Morgan fingerprint density at radius 3 is 2.40 bits per heavy atom. The molecule has 0 radical (unpaired) electrons. The predicted molar refractivity (Wildman–Crippen MR) is 35.5 cm³/mol. The molecule has 0 unspecified atom stereocenters. The minimum Gasteiger partial charge on any atom is -0.480 e. The Bertz CT molecular complexity index is 146. The Morgan fingerprint density at radius 1 is 1.80 bits per heavy atom. The summed E-state index contributed by atoms with van der Waals surface area (Å²) >= 11 is 0.